The molecule has 1 spiro atoms. The lowest BCUT2D eigenvalue weighted by Crippen LogP contribution is -2.65. The number of aromatic nitrogens is 1. The molecule has 1 aromatic carbocycles. The third kappa shape index (κ3) is 3.10. The Hall–Kier alpha value is -2.31. The van der Waals surface area contributed by atoms with Gasteiger partial charge in [-0.25, -0.2) is 0 Å². The van der Waals surface area contributed by atoms with E-state index in [1.54, 1.807) is 12.4 Å². The number of likely N-dealkylation sites (tertiary alicyclic amines) is 1. The molecule has 4 heterocycles. The molecule has 0 unspecified atom stereocenters. The number of ether oxygens (including phenoxy) is 4. The Morgan fingerprint density at radius 2 is 2.12 bits per heavy atom. The Morgan fingerprint density at radius 3 is 3.00 bits per heavy atom. The molecule has 0 amide bonds. The first-order chi connectivity index (χ1) is 12.8. The van der Waals surface area contributed by atoms with Crippen molar-refractivity contribution in [2.45, 2.75) is 31.1 Å². The number of hydrogen-bond acceptors (Lipinski definition) is 6. The molecule has 0 saturated carbocycles. The Morgan fingerprint density at radius 1 is 1.19 bits per heavy atom. The minimum absolute atomic E-state index is 0.0680. The van der Waals surface area contributed by atoms with E-state index in [0.717, 1.165) is 56.3 Å². The van der Waals surface area contributed by atoms with E-state index in [1.807, 2.05) is 18.2 Å². The van der Waals surface area contributed by atoms with Gasteiger partial charge in [0, 0.05) is 38.7 Å². The summed E-state index contributed by atoms with van der Waals surface area (Å²) in [5.74, 6) is 2.52. The lowest BCUT2D eigenvalue weighted by atomic mass is 9.84. The molecule has 0 bridgehead atoms. The van der Waals surface area contributed by atoms with Gasteiger partial charge in [0.05, 0.1) is 18.4 Å². The van der Waals surface area contributed by atoms with E-state index in [2.05, 4.69) is 22.0 Å². The van der Waals surface area contributed by atoms with Gasteiger partial charge in [0.25, 0.3) is 0 Å². The van der Waals surface area contributed by atoms with Gasteiger partial charge in [-0.15, -0.1) is 0 Å². The maximum Gasteiger partial charge on any atom is 0.231 e. The maximum atomic E-state index is 6.13. The van der Waals surface area contributed by atoms with Crippen LogP contribution in [0.4, 0.5) is 0 Å². The van der Waals surface area contributed by atoms with Crippen LogP contribution in [0.1, 0.15) is 18.4 Å². The molecule has 3 aliphatic rings. The van der Waals surface area contributed by atoms with Crippen molar-refractivity contribution in [1.29, 1.82) is 0 Å². The third-order valence-corrected chi connectivity index (χ3v) is 5.25. The highest BCUT2D eigenvalue weighted by molar-refractivity contribution is 5.44. The number of fused-ring (bicyclic) bond motifs is 1. The molecule has 0 N–H and O–H groups in total. The maximum absolute atomic E-state index is 6.13. The van der Waals surface area contributed by atoms with Gasteiger partial charge in [-0.3, -0.25) is 9.88 Å². The van der Waals surface area contributed by atoms with E-state index in [0.29, 0.717) is 6.79 Å². The van der Waals surface area contributed by atoms with Gasteiger partial charge in [0.1, 0.15) is 11.9 Å². The van der Waals surface area contributed by atoms with Gasteiger partial charge in [0.2, 0.25) is 6.79 Å². The number of nitrogens with zero attached hydrogens (tertiary/aromatic N) is 2. The van der Waals surface area contributed by atoms with Crippen LogP contribution in [0.15, 0.2) is 42.7 Å². The SMILES string of the molecule is c1cncc(O[C@@H]2CCOC3(C2)CN(Cc2ccc4c(c2)OCO4)C3)c1. The van der Waals surface area contributed by atoms with Crippen molar-refractivity contribution in [2.24, 2.45) is 0 Å². The summed E-state index contributed by atoms with van der Waals surface area (Å²) in [7, 11) is 0. The molecule has 6 nitrogen and oxygen atoms in total. The van der Waals surface area contributed by atoms with E-state index in [9.17, 15) is 0 Å². The van der Waals surface area contributed by atoms with Crippen LogP contribution in [-0.2, 0) is 11.3 Å². The summed E-state index contributed by atoms with van der Waals surface area (Å²) < 4.78 is 23.1. The Balaban J connectivity index is 1.17. The van der Waals surface area contributed by atoms with E-state index >= 15 is 0 Å². The van der Waals surface area contributed by atoms with Gasteiger partial charge in [-0.05, 0) is 29.8 Å². The molecule has 0 radical (unpaired) electrons. The van der Waals surface area contributed by atoms with Crippen molar-refractivity contribution in [3.05, 3.63) is 48.3 Å². The summed E-state index contributed by atoms with van der Waals surface area (Å²) in [4.78, 5) is 6.53. The Labute approximate surface area is 152 Å². The van der Waals surface area contributed by atoms with E-state index in [1.165, 1.54) is 5.56 Å². The fraction of sp³-hybridized carbons (Fsp3) is 0.450. The van der Waals surface area contributed by atoms with Crippen LogP contribution in [0, 0.1) is 0 Å². The quantitative estimate of drug-likeness (QED) is 0.841. The zero-order valence-corrected chi connectivity index (χ0v) is 14.6. The topological polar surface area (TPSA) is 53.1 Å². The van der Waals surface area contributed by atoms with Gasteiger partial charge in [0.15, 0.2) is 11.5 Å². The predicted octanol–water partition coefficient (Wildman–Crippen LogP) is 2.62. The molecule has 2 fully saturated rings. The molecule has 1 aromatic heterocycles. The van der Waals surface area contributed by atoms with Gasteiger partial charge in [-0.2, -0.15) is 0 Å². The lowest BCUT2D eigenvalue weighted by molar-refractivity contribution is -0.188. The molecule has 136 valence electrons. The van der Waals surface area contributed by atoms with Gasteiger partial charge >= 0.3 is 0 Å². The monoisotopic (exact) mass is 354 g/mol. The summed E-state index contributed by atoms with van der Waals surface area (Å²) in [6.45, 7) is 3.85. The van der Waals surface area contributed by atoms with Crippen LogP contribution in [0.25, 0.3) is 0 Å². The van der Waals surface area contributed by atoms with Crippen LogP contribution < -0.4 is 14.2 Å². The molecule has 1 atom stereocenters. The van der Waals surface area contributed by atoms with Crippen LogP contribution in [0.3, 0.4) is 0 Å². The predicted molar refractivity (Wildman–Crippen MR) is 94.4 cm³/mol. The van der Waals surface area contributed by atoms with E-state index in [4.69, 9.17) is 18.9 Å². The summed E-state index contributed by atoms with van der Waals surface area (Å²) in [6.07, 6.45) is 5.59. The average molecular weight is 354 g/mol. The summed E-state index contributed by atoms with van der Waals surface area (Å²) in [5, 5.41) is 0. The van der Waals surface area contributed by atoms with Crippen molar-refractivity contribution in [2.75, 3.05) is 26.5 Å². The van der Waals surface area contributed by atoms with Crippen LogP contribution in [-0.4, -0.2) is 48.1 Å². The van der Waals surface area contributed by atoms with E-state index in [-0.39, 0.29) is 11.7 Å². The summed E-state index contributed by atoms with van der Waals surface area (Å²) in [5.41, 5.74) is 1.17. The van der Waals surface area contributed by atoms with Crippen molar-refractivity contribution >= 4 is 0 Å². The highest BCUT2D eigenvalue weighted by atomic mass is 16.7. The van der Waals surface area contributed by atoms with Crippen molar-refractivity contribution in [3.63, 3.8) is 0 Å². The molecule has 3 aliphatic heterocycles. The molecular formula is C20H22N2O4. The first kappa shape index (κ1) is 15.9. The van der Waals surface area contributed by atoms with Crippen molar-refractivity contribution in [3.8, 4) is 17.2 Å². The molecule has 2 saturated heterocycles. The van der Waals surface area contributed by atoms with Crippen LogP contribution in [0.5, 0.6) is 17.2 Å². The number of pyridine rings is 1. The second-order valence-electron chi connectivity index (χ2n) is 7.29. The van der Waals surface area contributed by atoms with Crippen LogP contribution in [0.2, 0.25) is 0 Å². The minimum Gasteiger partial charge on any atom is -0.489 e. The number of rotatable bonds is 4. The second-order valence-corrected chi connectivity index (χ2v) is 7.29. The first-order valence-corrected chi connectivity index (χ1v) is 9.10. The molecule has 0 aliphatic carbocycles. The first-order valence-electron chi connectivity index (χ1n) is 9.10. The smallest absolute Gasteiger partial charge is 0.231 e. The normalized spacial score (nSPS) is 23.6. The van der Waals surface area contributed by atoms with Crippen LogP contribution >= 0.6 is 0 Å². The molecule has 2 aromatic rings. The largest absolute Gasteiger partial charge is 0.489 e. The zero-order valence-electron chi connectivity index (χ0n) is 14.6. The van der Waals surface area contributed by atoms with E-state index < -0.39 is 0 Å². The summed E-state index contributed by atoms with van der Waals surface area (Å²) in [6, 6.07) is 10.0. The van der Waals surface area contributed by atoms with Gasteiger partial charge in [-0.1, -0.05) is 6.07 Å². The summed E-state index contributed by atoms with van der Waals surface area (Å²) >= 11 is 0. The Kier molecular flexibility index (Phi) is 3.94. The average Bonchev–Trinajstić information content (AvgIpc) is 3.09. The number of hydrogen-bond donors (Lipinski definition) is 0. The zero-order chi connectivity index (χ0) is 17.4. The standard InChI is InChI=1S/C20H22N2O4/c1-2-17(10-21-6-1)26-16-5-7-25-20(9-16)12-22(13-20)11-15-3-4-18-19(8-15)24-14-23-18/h1-4,6,8,10,16H,5,7,9,11-14H2/t16-/m1/s1. The lowest BCUT2D eigenvalue weighted by Gasteiger charge is -2.53. The Bertz CT molecular complexity index is 777. The van der Waals surface area contributed by atoms with Gasteiger partial charge < -0.3 is 18.9 Å². The molecule has 5 rings (SSSR count). The fourth-order valence-electron chi connectivity index (χ4n) is 4.09. The molecular weight excluding hydrogens is 332 g/mol. The van der Waals surface area contributed by atoms with Crippen molar-refractivity contribution in [1.82, 2.24) is 9.88 Å². The van der Waals surface area contributed by atoms with Crippen molar-refractivity contribution < 1.29 is 18.9 Å². The minimum atomic E-state index is -0.0680. The number of benzene rings is 1. The highest BCUT2D eigenvalue weighted by Gasteiger charge is 2.48. The third-order valence-electron chi connectivity index (χ3n) is 5.25. The molecule has 26 heavy (non-hydrogen) atoms. The fourth-order valence-corrected chi connectivity index (χ4v) is 4.09. The second kappa shape index (κ2) is 6.45. The molecule has 6 heteroatoms. The highest BCUT2D eigenvalue weighted by Crippen LogP contribution is 2.38.